The minimum Gasteiger partial charge on any atom is -0.481 e. The van der Waals surface area contributed by atoms with E-state index in [2.05, 4.69) is 21.2 Å². The number of carbonyl (C=O) groups is 1. The molecule has 0 amide bonds. The molecule has 0 spiro atoms. The van der Waals surface area contributed by atoms with Crippen molar-refractivity contribution >= 4 is 27.6 Å². The summed E-state index contributed by atoms with van der Waals surface area (Å²) in [4.78, 5) is 11.4. The molecule has 0 aliphatic rings. The zero-order chi connectivity index (χ0) is 15.4. The quantitative estimate of drug-likeness (QED) is 0.849. The third kappa shape index (κ3) is 3.82. The first-order chi connectivity index (χ1) is 9.99. The predicted octanol–water partition coefficient (Wildman–Crippen LogP) is 4.18. The van der Waals surface area contributed by atoms with E-state index >= 15 is 0 Å². The summed E-state index contributed by atoms with van der Waals surface area (Å²) in [5.41, 5.74) is 2.16. The first-order valence-electron chi connectivity index (χ1n) is 6.46. The van der Waals surface area contributed by atoms with Gasteiger partial charge in [-0.2, -0.15) is 0 Å². The van der Waals surface area contributed by atoms with Crippen molar-refractivity contribution in [2.75, 3.05) is 11.9 Å². The first-order valence-corrected chi connectivity index (χ1v) is 7.25. The van der Waals surface area contributed by atoms with E-state index in [1.165, 1.54) is 6.07 Å². The van der Waals surface area contributed by atoms with Crippen LogP contribution in [0.2, 0.25) is 0 Å². The molecular weight excluding hydrogens is 337 g/mol. The summed E-state index contributed by atoms with van der Waals surface area (Å²) in [6.45, 7) is 2.03. The molecular formula is C16H15BrFNO2. The lowest BCUT2D eigenvalue weighted by Crippen LogP contribution is -2.21. The highest BCUT2D eigenvalue weighted by atomic mass is 79.9. The molecule has 0 heterocycles. The van der Waals surface area contributed by atoms with Gasteiger partial charge in [0, 0.05) is 12.2 Å². The molecule has 0 fully saturated rings. The summed E-state index contributed by atoms with van der Waals surface area (Å²) >= 11 is 3.12. The summed E-state index contributed by atoms with van der Waals surface area (Å²) in [6, 6.07) is 12.0. The van der Waals surface area contributed by atoms with E-state index in [-0.39, 0.29) is 12.4 Å². The Morgan fingerprint density at radius 3 is 2.62 bits per heavy atom. The molecule has 0 saturated heterocycles. The largest absolute Gasteiger partial charge is 0.481 e. The van der Waals surface area contributed by atoms with Crippen LogP contribution in [0.3, 0.4) is 0 Å². The van der Waals surface area contributed by atoms with Crippen LogP contribution in [-0.2, 0) is 4.79 Å². The van der Waals surface area contributed by atoms with E-state index < -0.39 is 11.9 Å². The Bertz CT molecular complexity index is 646. The molecule has 0 aliphatic carbocycles. The van der Waals surface area contributed by atoms with Gasteiger partial charge in [0.15, 0.2) is 0 Å². The number of nitrogens with one attached hydrogen (secondary N) is 1. The fourth-order valence-electron chi connectivity index (χ4n) is 2.08. The van der Waals surface area contributed by atoms with Crippen LogP contribution in [0.1, 0.15) is 17.0 Å². The summed E-state index contributed by atoms with van der Waals surface area (Å²) in [6.07, 6.45) is 0. The lowest BCUT2D eigenvalue weighted by atomic mass is 9.99. The second-order valence-corrected chi connectivity index (χ2v) is 5.62. The predicted molar refractivity (Wildman–Crippen MR) is 84.1 cm³/mol. The number of aliphatic carboxylic acids is 1. The molecule has 1 atom stereocenters. The number of carboxylic acids is 1. The summed E-state index contributed by atoms with van der Waals surface area (Å²) in [5.74, 6) is -1.98. The van der Waals surface area contributed by atoms with Gasteiger partial charge in [0.05, 0.1) is 10.4 Å². The minimum absolute atomic E-state index is 0.196. The van der Waals surface area contributed by atoms with E-state index in [0.717, 1.165) is 5.56 Å². The number of aryl methyl sites for hydroxylation is 1. The third-order valence-corrected chi connectivity index (χ3v) is 3.87. The Hall–Kier alpha value is -1.88. The molecule has 2 N–H and O–H groups in total. The maximum atomic E-state index is 13.6. The van der Waals surface area contributed by atoms with Crippen LogP contribution in [0.4, 0.5) is 10.1 Å². The van der Waals surface area contributed by atoms with E-state index in [4.69, 9.17) is 0 Å². The summed E-state index contributed by atoms with van der Waals surface area (Å²) < 4.78 is 14.0. The van der Waals surface area contributed by atoms with Crippen molar-refractivity contribution in [3.8, 4) is 0 Å². The van der Waals surface area contributed by atoms with Gasteiger partial charge in [-0.25, -0.2) is 4.39 Å². The second-order valence-electron chi connectivity index (χ2n) is 4.76. The Labute approximate surface area is 130 Å². The van der Waals surface area contributed by atoms with Crippen LogP contribution < -0.4 is 5.32 Å². The van der Waals surface area contributed by atoms with E-state index in [1.807, 2.05) is 13.0 Å². The lowest BCUT2D eigenvalue weighted by Gasteiger charge is -2.16. The van der Waals surface area contributed by atoms with Gasteiger partial charge in [0.2, 0.25) is 0 Å². The molecule has 0 bridgehead atoms. The average Bonchev–Trinajstić information content (AvgIpc) is 2.45. The highest BCUT2D eigenvalue weighted by Gasteiger charge is 2.19. The van der Waals surface area contributed by atoms with Crippen molar-refractivity contribution < 1.29 is 14.3 Å². The zero-order valence-electron chi connectivity index (χ0n) is 11.4. The van der Waals surface area contributed by atoms with Crippen molar-refractivity contribution in [3.63, 3.8) is 0 Å². The SMILES string of the molecule is Cc1cc(Br)c(F)cc1NCC(C(=O)O)c1ccccc1. The van der Waals surface area contributed by atoms with Crippen LogP contribution in [0.15, 0.2) is 46.9 Å². The van der Waals surface area contributed by atoms with Crippen molar-refractivity contribution in [1.82, 2.24) is 0 Å². The van der Waals surface area contributed by atoms with Gasteiger partial charge in [-0.15, -0.1) is 0 Å². The van der Waals surface area contributed by atoms with Crippen LogP contribution in [0, 0.1) is 12.7 Å². The van der Waals surface area contributed by atoms with Gasteiger partial charge in [0.1, 0.15) is 5.82 Å². The number of rotatable bonds is 5. The Morgan fingerprint density at radius 2 is 2.00 bits per heavy atom. The summed E-state index contributed by atoms with van der Waals surface area (Å²) in [7, 11) is 0. The highest BCUT2D eigenvalue weighted by Crippen LogP contribution is 2.25. The molecule has 5 heteroatoms. The molecule has 21 heavy (non-hydrogen) atoms. The second kappa shape index (κ2) is 6.72. The third-order valence-electron chi connectivity index (χ3n) is 3.26. The Kier molecular flexibility index (Phi) is 4.96. The van der Waals surface area contributed by atoms with E-state index in [0.29, 0.717) is 15.7 Å². The molecule has 2 rings (SSSR count). The number of halogens is 2. The molecule has 2 aromatic carbocycles. The fourth-order valence-corrected chi connectivity index (χ4v) is 2.54. The van der Waals surface area contributed by atoms with Crippen LogP contribution in [0.25, 0.3) is 0 Å². The van der Waals surface area contributed by atoms with Crippen LogP contribution in [0.5, 0.6) is 0 Å². The first kappa shape index (κ1) is 15.5. The van der Waals surface area contributed by atoms with Gasteiger partial charge >= 0.3 is 5.97 Å². The van der Waals surface area contributed by atoms with Gasteiger partial charge in [-0.1, -0.05) is 30.3 Å². The highest BCUT2D eigenvalue weighted by molar-refractivity contribution is 9.10. The van der Waals surface area contributed by atoms with Crippen molar-refractivity contribution in [2.45, 2.75) is 12.8 Å². The Balaban J connectivity index is 2.17. The molecule has 3 nitrogen and oxygen atoms in total. The molecule has 1 unspecified atom stereocenters. The van der Waals surface area contributed by atoms with Crippen molar-refractivity contribution in [3.05, 3.63) is 63.9 Å². The number of anilines is 1. The van der Waals surface area contributed by atoms with E-state index in [9.17, 15) is 14.3 Å². The maximum absolute atomic E-state index is 13.6. The number of hydrogen-bond acceptors (Lipinski definition) is 2. The summed E-state index contributed by atoms with van der Waals surface area (Å²) in [5, 5.41) is 12.4. The average molecular weight is 352 g/mol. The van der Waals surface area contributed by atoms with Crippen molar-refractivity contribution in [2.24, 2.45) is 0 Å². The fraction of sp³-hybridized carbons (Fsp3) is 0.188. The maximum Gasteiger partial charge on any atom is 0.312 e. The molecule has 0 radical (unpaired) electrons. The smallest absolute Gasteiger partial charge is 0.312 e. The van der Waals surface area contributed by atoms with Crippen LogP contribution >= 0.6 is 15.9 Å². The lowest BCUT2D eigenvalue weighted by molar-refractivity contribution is -0.138. The molecule has 2 aromatic rings. The van der Waals surface area contributed by atoms with E-state index in [1.54, 1.807) is 30.3 Å². The molecule has 0 aliphatic heterocycles. The monoisotopic (exact) mass is 351 g/mol. The molecule has 0 saturated carbocycles. The van der Waals surface area contributed by atoms with Crippen molar-refractivity contribution in [1.29, 1.82) is 0 Å². The molecule has 110 valence electrons. The Morgan fingerprint density at radius 1 is 1.33 bits per heavy atom. The minimum atomic E-state index is -0.913. The van der Waals surface area contributed by atoms with Crippen LogP contribution in [-0.4, -0.2) is 17.6 Å². The standard InChI is InChI=1S/C16H15BrFNO2/c1-10-7-13(17)14(18)8-15(10)19-9-12(16(20)21)11-5-3-2-4-6-11/h2-8,12,19H,9H2,1H3,(H,20,21). The van der Waals surface area contributed by atoms with Gasteiger partial charge in [-0.3, -0.25) is 4.79 Å². The van der Waals surface area contributed by atoms with Gasteiger partial charge in [-0.05, 0) is 46.1 Å². The molecule has 0 aromatic heterocycles. The number of benzene rings is 2. The number of hydrogen-bond donors (Lipinski definition) is 2. The zero-order valence-corrected chi connectivity index (χ0v) is 13.0. The number of carboxylic acid groups (broad SMARTS) is 1. The normalized spacial score (nSPS) is 12.0. The van der Waals surface area contributed by atoms with Gasteiger partial charge in [0.25, 0.3) is 0 Å². The van der Waals surface area contributed by atoms with Gasteiger partial charge < -0.3 is 10.4 Å². The topological polar surface area (TPSA) is 49.3 Å².